The number of nitrogens with one attached hydrogen (secondary N) is 1. The van der Waals surface area contributed by atoms with Gasteiger partial charge in [-0.3, -0.25) is 9.59 Å². The van der Waals surface area contributed by atoms with Crippen LogP contribution in [0.5, 0.6) is 11.5 Å². The van der Waals surface area contributed by atoms with Gasteiger partial charge in [-0.15, -0.1) is 0 Å². The molecule has 154 valence electrons. The number of carbonyl (C=O) groups excluding carboxylic acids is 2. The van der Waals surface area contributed by atoms with Crippen molar-refractivity contribution in [3.63, 3.8) is 0 Å². The maximum absolute atomic E-state index is 12.6. The molecule has 2 fully saturated rings. The summed E-state index contributed by atoms with van der Waals surface area (Å²) in [5.41, 5.74) is 6.27. The molecule has 1 saturated carbocycles. The summed E-state index contributed by atoms with van der Waals surface area (Å²) in [4.78, 5) is 26.7. The average Bonchev–Trinajstić information content (AvgIpc) is 3.56. The largest absolute Gasteiger partial charge is 0.490 e. The zero-order chi connectivity index (χ0) is 19.9. The number of rotatable bonds is 9. The maximum Gasteiger partial charge on any atom is 0.260 e. The van der Waals surface area contributed by atoms with Crippen LogP contribution in [0.2, 0.25) is 0 Å². The van der Waals surface area contributed by atoms with Gasteiger partial charge in [0.1, 0.15) is 0 Å². The Morgan fingerprint density at radius 1 is 1.18 bits per heavy atom. The van der Waals surface area contributed by atoms with Crippen LogP contribution >= 0.6 is 0 Å². The fourth-order valence-corrected chi connectivity index (χ4v) is 3.53. The lowest BCUT2D eigenvalue weighted by Crippen LogP contribution is -2.41. The second-order valence-corrected chi connectivity index (χ2v) is 7.48. The number of hydrogen-bond acceptors (Lipinski definition) is 5. The molecule has 3 N–H and O–H groups in total. The highest BCUT2D eigenvalue weighted by Crippen LogP contribution is 2.33. The van der Waals surface area contributed by atoms with Crippen molar-refractivity contribution < 1.29 is 19.1 Å². The molecular formula is C21H31N3O4. The van der Waals surface area contributed by atoms with Crippen LogP contribution in [-0.4, -0.2) is 55.6 Å². The van der Waals surface area contributed by atoms with Gasteiger partial charge in [0.25, 0.3) is 11.8 Å². The first kappa shape index (κ1) is 20.5. The fraction of sp³-hybridized carbons (Fsp3) is 0.619. The summed E-state index contributed by atoms with van der Waals surface area (Å²) in [6.07, 6.45) is 5.50. The van der Waals surface area contributed by atoms with Gasteiger partial charge in [-0.1, -0.05) is 0 Å². The van der Waals surface area contributed by atoms with Gasteiger partial charge >= 0.3 is 0 Å². The normalized spacial score (nSPS) is 17.7. The van der Waals surface area contributed by atoms with E-state index in [0.29, 0.717) is 36.1 Å². The van der Waals surface area contributed by atoms with E-state index in [2.05, 4.69) is 5.32 Å². The lowest BCUT2D eigenvalue weighted by Gasteiger charge is -2.26. The molecule has 0 radical (unpaired) electrons. The molecule has 0 bridgehead atoms. The molecule has 1 aliphatic carbocycles. The molecular weight excluding hydrogens is 358 g/mol. The van der Waals surface area contributed by atoms with Gasteiger partial charge < -0.3 is 25.4 Å². The number of likely N-dealkylation sites (tertiary alicyclic amines) is 1. The maximum atomic E-state index is 12.6. The minimum absolute atomic E-state index is 0.0146. The standard InChI is InChI=1S/C21H31N3O4/c1-2-27-19-12-16(21(26)23-17(13-22)15-6-7-15)8-9-18(19)28-14-20(25)24-10-4-3-5-11-24/h8-9,12,15,17H,2-7,10-11,13-14,22H2,1H3,(H,23,26). The lowest BCUT2D eigenvalue weighted by atomic mass is 10.1. The molecule has 1 unspecified atom stereocenters. The third-order valence-electron chi connectivity index (χ3n) is 5.33. The van der Waals surface area contributed by atoms with E-state index in [-0.39, 0.29) is 24.5 Å². The van der Waals surface area contributed by atoms with Crippen molar-refractivity contribution in [3.8, 4) is 11.5 Å². The van der Waals surface area contributed by atoms with Crippen molar-refractivity contribution >= 4 is 11.8 Å². The Labute approximate surface area is 166 Å². The van der Waals surface area contributed by atoms with E-state index in [1.54, 1.807) is 18.2 Å². The summed E-state index contributed by atoms with van der Waals surface area (Å²) in [5.74, 6) is 1.25. The number of nitrogens with zero attached hydrogens (tertiary/aromatic N) is 1. The first-order valence-electron chi connectivity index (χ1n) is 10.3. The Kier molecular flexibility index (Phi) is 7.14. The third kappa shape index (κ3) is 5.38. The molecule has 1 aromatic rings. The van der Waals surface area contributed by atoms with E-state index in [1.165, 1.54) is 6.42 Å². The summed E-state index contributed by atoms with van der Waals surface area (Å²) in [6, 6.07) is 5.07. The number of hydrogen-bond donors (Lipinski definition) is 2. The Morgan fingerprint density at radius 3 is 2.57 bits per heavy atom. The van der Waals surface area contributed by atoms with Crippen molar-refractivity contribution in [2.24, 2.45) is 11.7 Å². The van der Waals surface area contributed by atoms with Gasteiger partial charge in [-0.2, -0.15) is 0 Å². The lowest BCUT2D eigenvalue weighted by molar-refractivity contribution is -0.134. The van der Waals surface area contributed by atoms with Crippen LogP contribution in [0.1, 0.15) is 49.4 Å². The van der Waals surface area contributed by atoms with E-state index in [0.717, 1.165) is 38.8 Å². The van der Waals surface area contributed by atoms with Crippen LogP contribution in [0.25, 0.3) is 0 Å². The summed E-state index contributed by atoms with van der Waals surface area (Å²) in [5, 5.41) is 3.01. The van der Waals surface area contributed by atoms with E-state index >= 15 is 0 Å². The van der Waals surface area contributed by atoms with Gasteiger partial charge in [0.2, 0.25) is 0 Å². The van der Waals surface area contributed by atoms with Gasteiger partial charge in [-0.25, -0.2) is 0 Å². The monoisotopic (exact) mass is 389 g/mol. The third-order valence-corrected chi connectivity index (χ3v) is 5.33. The highest BCUT2D eigenvalue weighted by molar-refractivity contribution is 5.95. The van der Waals surface area contributed by atoms with E-state index in [4.69, 9.17) is 15.2 Å². The summed E-state index contributed by atoms with van der Waals surface area (Å²) < 4.78 is 11.4. The van der Waals surface area contributed by atoms with Crippen molar-refractivity contribution in [2.45, 2.75) is 45.1 Å². The van der Waals surface area contributed by atoms with Gasteiger partial charge in [0.05, 0.1) is 6.61 Å². The highest BCUT2D eigenvalue weighted by Gasteiger charge is 2.31. The number of piperidine rings is 1. The van der Waals surface area contributed by atoms with Crippen LogP contribution in [-0.2, 0) is 4.79 Å². The summed E-state index contributed by atoms with van der Waals surface area (Å²) in [7, 11) is 0. The number of amides is 2. The minimum atomic E-state index is -0.167. The van der Waals surface area contributed by atoms with Crippen LogP contribution in [0.15, 0.2) is 18.2 Å². The predicted octanol–water partition coefficient (Wildman–Crippen LogP) is 1.94. The molecule has 1 aromatic carbocycles. The van der Waals surface area contributed by atoms with Gasteiger partial charge in [-0.05, 0) is 63.1 Å². The number of ether oxygens (including phenoxy) is 2. The molecule has 1 saturated heterocycles. The molecule has 3 rings (SSSR count). The predicted molar refractivity (Wildman–Crippen MR) is 107 cm³/mol. The summed E-state index contributed by atoms with van der Waals surface area (Å²) >= 11 is 0. The Hall–Kier alpha value is -2.28. The molecule has 1 aliphatic heterocycles. The molecule has 1 atom stereocenters. The zero-order valence-corrected chi connectivity index (χ0v) is 16.6. The van der Waals surface area contributed by atoms with Gasteiger partial charge in [0.15, 0.2) is 18.1 Å². The van der Waals surface area contributed by atoms with E-state index in [1.807, 2.05) is 11.8 Å². The molecule has 7 nitrogen and oxygen atoms in total. The number of nitrogens with two attached hydrogens (primary N) is 1. The second kappa shape index (κ2) is 9.78. The van der Waals surface area contributed by atoms with Crippen molar-refractivity contribution in [1.29, 1.82) is 0 Å². The minimum Gasteiger partial charge on any atom is -0.490 e. The van der Waals surface area contributed by atoms with Crippen molar-refractivity contribution in [1.82, 2.24) is 10.2 Å². The first-order valence-corrected chi connectivity index (χ1v) is 10.3. The first-order chi connectivity index (χ1) is 13.6. The van der Waals surface area contributed by atoms with Crippen molar-refractivity contribution in [3.05, 3.63) is 23.8 Å². The van der Waals surface area contributed by atoms with Crippen LogP contribution in [0, 0.1) is 5.92 Å². The number of benzene rings is 1. The summed E-state index contributed by atoms with van der Waals surface area (Å²) in [6.45, 7) is 4.31. The number of carbonyl (C=O) groups is 2. The smallest absolute Gasteiger partial charge is 0.260 e. The molecule has 2 aliphatic rings. The molecule has 28 heavy (non-hydrogen) atoms. The molecule has 0 spiro atoms. The average molecular weight is 389 g/mol. The highest BCUT2D eigenvalue weighted by atomic mass is 16.5. The molecule has 2 amide bonds. The SMILES string of the molecule is CCOc1cc(C(=O)NC(CN)C2CC2)ccc1OCC(=O)N1CCCCC1. The molecule has 7 heteroatoms. The quantitative estimate of drug-likeness (QED) is 0.673. The van der Waals surface area contributed by atoms with E-state index < -0.39 is 0 Å². The fourth-order valence-electron chi connectivity index (χ4n) is 3.53. The van der Waals surface area contributed by atoms with Gasteiger partial charge in [0, 0.05) is 31.2 Å². The van der Waals surface area contributed by atoms with E-state index in [9.17, 15) is 9.59 Å². The van der Waals surface area contributed by atoms with Crippen LogP contribution in [0.4, 0.5) is 0 Å². The Bertz CT molecular complexity index is 684. The Morgan fingerprint density at radius 2 is 1.93 bits per heavy atom. The molecule has 0 aromatic heterocycles. The second-order valence-electron chi connectivity index (χ2n) is 7.48. The van der Waals surface area contributed by atoms with Crippen molar-refractivity contribution in [2.75, 3.05) is 32.8 Å². The zero-order valence-electron chi connectivity index (χ0n) is 16.6. The Balaban J connectivity index is 1.62. The molecule has 1 heterocycles. The topological polar surface area (TPSA) is 93.9 Å². The van der Waals surface area contributed by atoms with Crippen LogP contribution in [0.3, 0.4) is 0 Å². The van der Waals surface area contributed by atoms with Crippen LogP contribution < -0.4 is 20.5 Å².